The minimum absolute atomic E-state index is 0.0218. The Hall–Kier alpha value is -5.64. The Kier molecular flexibility index (Phi) is 15.2. The van der Waals surface area contributed by atoms with Crippen LogP contribution in [0.5, 0.6) is 0 Å². The molecule has 3 aromatic rings. The summed E-state index contributed by atoms with van der Waals surface area (Å²) in [6, 6.07) is 11.0. The lowest BCUT2D eigenvalue weighted by Crippen LogP contribution is -2.60. The molecule has 8 N–H and O–H groups in total. The van der Waals surface area contributed by atoms with Gasteiger partial charge in [-0.25, -0.2) is 4.79 Å². The fourth-order valence-electron chi connectivity index (χ4n) is 6.48. The molecule has 0 saturated carbocycles. The summed E-state index contributed by atoms with van der Waals surface area (Å²) in [4.78, 5) is 96.8. The lowest BCUT2D eigenvalue weighted by molar-refractivity contribution is -0.146. The quantitative estimate of drug-likeness (QED) is 0.0743. The highest BCUT2D eigenvalue weighted by Gasteiger charge is 2.38. The Bertz CT molecular complexity index is 1800. The maximum Gasteiger partial charge on any atom is 0.312 e. The number of urea groups is 1. The van der Waals surface area contributed by atoms with Crippen LogP contribution in [0, 0.1) is 0 Å². The number of anilines is 1. The Balaban J connectivity index is 1.62. The van der Waals surface area contributed by atoms with Gasteiger partial charge in [0.15, 0.2) is 0 Å². The predicted octanol–water partition coefficient (Wildman–Crippen LogP) is 1.76. The number of alkyl halides is 1. The number of primary amides is 1. The summed E-state index contributed by atoms with van der Waals surface area (Å²) in [6.45, 7) is 0.322. The number of benzene rings is 2. The average molecular weight is 767 g/mol. The van der Waals surface area contributed by atoms with Crippen LogP contribution in [0.4, 0.5) is 10.5 Å². The van der Waals surface area contributed by atoms with E-state index in [-0.39, 0.29) is 38.8 Å². The number of likely N-dealkylation sites (tertiary alicyclic amines) is 1. The number of piperidine rings is 1. The zero-order valence-electron chi connectivity index (χ0n) is 30.0. The second-order valence-electron chi connectivity index (χ2n) is 13.1. The molecule has 54 heavy (non-hydrogen) atoms. The fourth-order valence-corrected chi connectivity index (χ4v) is 6.56. The van der Waals surface area contributed by atoms with Crippen LogP contribution in [0.2, 0.25) is 0 Å². The number of carbonyl (C=O) groups is 7. The number of nitrogens with one attached hydrogen (secondary N) is 5. The molecule has 1 aliphatic rings. The molecule has 16 nitrogen and oxygen atoms in total. The van der Waals surface area contributed by atoms with Crippen molar-refractivity contribution < 1.29 is 38.7 Å². The van der Waals surface area contributed by atoms with Crippen molar-refractivity contribution in [1.82, 2.24) is 31.2 Å². The zero-order valence-corrected chi connectivity index (χ0v) is 30.8. The number of rotatable bonds is 18. The van der Waals surface area contributed by atoms with Gasteiger partial charge in [-0.1, -0.05) is 36.4 Å². The molecule has 7 amide bonds. The molecule has 1 fully saturated rings. The van der Waals surface area contributed by atoms with E-state index in [0.717, 1.165) is 16.5 Å². The van der Waals surface area contributed by atoms with Gasteiger partial charge in [0.25, 0.3) is 0 Å². The Labute approximate surface area is 317 Å². The first-order chi connectivity index (χ1) is 25.9. The van der Waals surface area contributed by atoms with E-state index in [1.54, 1.807) is 37.5 Å². The summed E-state index contributed by atoms with van der Waals surface area (Å²) in [5, 5.41) is 20.7. The largest absolute Gasteiger partial charge is 0.481 e. The molecule has 290 valence electrons. The van der Waals surface area contributed by atoms with Gasteiger partial charge in [0.05, 0.1) is 0 Å². The number of nitrogens with two attached hydrogens (primary N) is 1. The summed E-state index contributed by atoms with van der Waals surface area (Å²) in [6.07, 6.45) is 2.98. The first-order valence-corrected chi connectivity index (χ1v) is 18.3. The van der Waals surface area contributed by atoms with E-state index in [2.05, 4.69) is 26.3 Å². The minimum Gasteiger partial charge on any atom is -0.481 e. The maximum absolute atomic E-state index is 14.3. The molecule has 4 atom stereocenters. The van der Waals surface area contributed by atoms with Crippen LogP contribution in [0.15, 0.2) is 60.8 Å². The summed E-state index contributed by atoms with van der Waals surface area (Å²) in [5.74, 6) is -4.62. The first-order valence-electron chi connectivity index (χ1n) is 17.8. The second kappa shape index (κ2) is 20.0. The molecular formula is C37H47ClN8O8. The number of H-pyrrole nitrogens is 1. The van der Waals surface area contributed by atoms with Gasteiger partial charge in [-0.3, -0.25) is 28.8 Å². The minimum atomic E-state index is -1.23. The van der Waals surface area contributed by atoms with Gasteiger partial charge in [-0.05, 0) is 62.3 Å². The molecule has 2 aromatic carbocycles. The number of aromatic amines is 1. The third-order valence-electron chi connectivity index (χ3n) is 9.28. The molecule has 0 bridgehead atoms. The smallest absolute Gasteiger partial charge is 0.312 e. The SMILES string of the molecule is CN(C(=O)C(CCCNC(N)=O)NC(=O)C(Cc1c[nH]c2ccccc12)NC(=O)[C@@H]1CCCCN1C(=O)C(CCC(=O)O)NC(=O)CCl)c1ccccc1. The van der Waals surface area contributed by atoms with Crippen LogP contribution in [0.25, 0.3) is 10.9 Å². The van der Waals surface area contributed by atoms with Crippen LogP contribution in [0.3, 0.4) is 0 Å². The Morgan fingerprint density at radius 3 is 2.37 bits per heavy atom. The number of nitrogens with zero attached hydrogens (tertiary/aromatic N) is 2. The van der Waals surface area contributed by atoms with Crippen molar-refractivity contribution in [2.75, 3.05) is 30.9 Å². The number of halogens is 1. The van der Waals surface area contributed by atoms with Crippen LogP contribution in [-0.2, 0) is 35.2 Å². The molecule has 0 radical (unpaired) electrons. The second-order valence-corrected chi connectivity index (χ2v) is 13.3. The number of carboxylic acid groups (broad SMARTS) is 1. The van der Waals surface area contributed by atoms with E-state index in [0.29, 0.717) is 24.9 Å². The molecular weight excluding hydrogens is 720 g/mol. The fraction of sp³-hybridized carbons (Fsp3) is 0.432. The zero-order chi connectivity index (χ0) is 39.2. The molecule has 0 spiro atoms. The molecule has 0 aliphatic carbocycles. The molecule has 1 aromatic heterocycles. The third kappa shape index (κ3) is 11.4. The highest BCUT2D eigenvalue weighted by atomic mass is 35.5. The lowest BCUT2D eigenvalue weighted by atomic mass is 9.97. The van der Waals surface area contributed by atoms with Crippen molar-refractivity contribution >= 4 is 69.7 Å². The van der Waals surface area contributed by atoms with Crippen molar-refractivity contribution in [2.24, 2.45) is 5.73 Å². The van der Waals surface area contributed by atoms with E-state index in [1.165, 1.54) is 9.80 Å². The van der Waals surface area contributed by atoms with Gasteiger partial charge in [0, 0.05) is 55.8 Å². The van der Waals surface area contributed by atoms with Crippen LogP contribution in [-0.4, -0.2) is 107 Å². The van der Waals surface area contributed by atoms with Crippen molar-refractivity contribution in [1.29, 1.82) is 0 Å². The topological polar surface area (TPSA) is 236 Å². The number of hydrogen-bond donors (Lipinski definition) is 7. The molecule has 1 aliphatic heterocycles. The van der Waals surface area contributed by atoms with Crippen molar-refractivity contribution in [3.8, 4) is 0 Å². The summed E-state index contributed by atoms with van der Waals surface area (Å²) >= 11 is 5.66. The molecule has 2 heterocycles. The molecule has 1 saturated heterocycles. The number of aliphatic carboxylic acids is 1. The van der Waals surface area contributed by atoms with Crippen LogP contribution in [0.1, 0.15) is 50.5 Å². The molecule has 3 unspecified atom stereocenters. The standard InChI is InChI=1S/C37H47ClN8O8/c1-45(24-10-3-2-4-11-24)35(52)27(14-9-18-40-37(39)54)43-33(50)29(20-23-22-41-26-13-6-5-12-25(23)26)44-34(51)30-15-7-8-19-46(30)36(53)28(16-17-32(48)49)42-31(47)21-38/h2-6,10-13,22,27-30,41H,7-9,14-21H2,1H3,(H,42,47)(H,43,50)(H,44,51)(H,48,49)(H3,39,40,54)/t27?,28?,29?,30-/m0/s1. The number of amides is 7. The van der Waals surface area contributed by atoms with Crippen molar-refractivity contribution in [3.63, 3.8) is 0 Å². The van der Waals surface area contributed by atoms with E-state index in [4.69, 9.17) is 17.3 Å². The van der Waals surface area contributed by atoms with Crippen LogP contribution >= 0.6 is 11.6 Å². The van der Waals surface area contributed by atoms with E-state index in [9.17, 15) is 38.7 Å². The van der Waals surface area contributed by atoms with Gasteiger partial charge in [-0.2, -0.15) is 0 Å². The van der Waals surface area contributed by atoms with Gasteiger partial charge in [0.1, 0.15) is 30.0 Å². The number of fused-ring (bicyclic) bond motifs is 1. The maximum atomic E-state index is 14.3. The Morgan fingerprint density at radius 1 is 0.944 bits per heavy atom. The van der Waals surface area contributed by atoms with E-state index in [1.807, 2.05) is 30.3 Å². The van der Waals surface area contributed by atoms with Crippen molar-refractivity contribution in [2.45, 2.75) is 75.5 Å². The monoisotopic (exact) mass is 766 g/mol. The number of carbonyl (C=O) groups excluding carboxylic acids is 6. The highest BCUT2D eigenvalue weighted by Crippen LogP contribution is 2.22. The van der Waals surface area contributed by atoms with Crippen LogP contribution < -0.4 is 31.9 Å². The van der Waals surface area contributed by atoms with E-state index < -0.39 is 78.0 Å². The van der Waals surface area contributed by atoms with Gasteiger partial charge in [-0.15, -0.1) is 11.6 Å². The summed E-state index contributed by atoms with van der Waals surface area (Å²) in [5.41, 5.74) is 7.34. The normalized spacial score (nSPS) is 15.7. The average Bonchev–Trinajstić information content (AvgIpc) is 3.58. The Morgan fingerprint density at radius 2 is 1.67 bits per heavy atom. The van der Waals surface area contributed by atoms with Gasteiger partial charge >= 0.3 is 12.0 Å². The highest BCUT2D eigenvalue weighted by molar-refractivity contribution is 6.27. The van der Waals surface area contributed by atoms with Crippen molar-refractivity contribution in [3.05, 3.63) is 66.4 Å². The third-order valence-corrected chi connectivity index (χ3v) is 9.52. The molecule has 17 heteroatoms. The lowest BCUT2D eigenvalue weighted by Gasteiger charge is -2.37. The molecule has 4 rings (SSSR count). The van der Waals surface area contributed by atoms with E-state index >= 15 is 0 Å². The van der Waals surface area contributed by atoms with Gasteiger partial charge < -0.3 is 46.9 Å². The number of carboxylic acids is 1. The first kappa shape index (κ1) is 41.1. The van der Waals surface area contributed by atoms with Gasteiger partial charge in [0.2, 0.25) is 29.5 Å². The summed E-state index contributed by atoms with van der Waals surface area (Å²) in [7, 11) is 1.58. The number of para-hydroxylation sites is 2. The number of aromatic nitrogens is 1. The predicted molar refractivity (Wildman–Crippen MR) is 201 cm³/mol. The number of hydrogen-bond acceptors (Lipinski definition) is 7. The number of likely N-dealkylation sites (N-methyl/N-ethyl adjacent to an activating group) is 1. The summed E-state index contributed by atoms with van der Waals surface area (Å²) < 4.78 is 0.